The first-order valence-electron chi connectivity index (χ1n) is 2.62. The van der Waals surface area contributed by atoms with Crippen LogP contribution in [0.5, 0.6) is 0 Å². The minimum absolute atomic E-state index is 0.0876. The summed E-state index contributed by atoms with van der Waals surface area (Å²) < 4.78 is 4.70. The minimum atomic E-state index is 0.0876. The van der Waals surface area contributed by atoms with Crippen LogP contribution < -0.4 is 0 Å². The number of aliphatic hydroxyl groups excluding tert-OH is 1. The van der Waals surface area contributed by atoms with E-state index in [4.69, 9.17) is 20.4 Å². The Bertz CT molecular complexity index is 63.1. The topological polar surface area (TPSA) is 79.2 Å². The van der Waals surface area contributed by atoms with E-state index in [1.54, 1.807) is 12.3 Å². The van der Waals surface area contributed by atoms with Gasteiger partial charge < -0.3 is 9.84 Å². The van der Waals surface area contributed by atoms with Crippen molar-refractivity contribution in [3.8, 4) is 0 Å². The summed E-state index contributed by atoms with van der Waals surface area (Å²) in [5.41, 5.74) is 0. The van der Waals surface area contributed by atoms with E-state index in [2.05, 4.69) is 5.04 Å². The predicted octanol–water partition coefficient (Wildman–Crippen LogP) is 0.478. The van der Waals surface area contributed by atoms with Crippen molar-refractivity contribution in [1.82, 2.24) is 0 Å². The fourth-order valence-corrected chi connectivity index (χ4v) is 0.217. The highest BCUT2D eigenvalue weighted by Crippen LogP contribution is 1.72. The monoisotopic (exact) mass is 152 g/mol. The van der Waals surface area contributed by atoms with E-state index in [0.717, 1.165) is 0 Å². The fraction of sp³-hybridized carbons (Fsp3) is 0.600. The van der Waals surface area contributed by atoms with Crippen molar-refractivity contribution >= 4 is 0 Å². The van der Waals surface area contributed by atoms with Gasteiger partial charge in [-0.05, 0) is 6.92 Å². The molecule has 0 bridgehead atoms. The zero-order chi connectivity index (χ0) is 8.24. The molecule has 0 amide bonds. The van der Waals surface area contributed by atoms with Gasteiger partial charge in [0.25, 0.3) is 0 Å². The molecule has 3 N–H and O–H groups in total. The van der Waals surface area contributed by atoms with E-state index >= 15 is 0 Å². The van der Waals surface area contributed by atoms with Crippen molar-refractivity contribution in [3.05, 3.63) is 12.3 Å². The van der Waals surface area contributed by atoms with Gasteiger partial charge in [-0.1, -0.05) is 11.1 Å². The second-order valence-electron chi connectivity index (χ2n) is 1.15. The van der Waals surface area contributed by atoms with E-state index in [-0.39, 0.29) is 6.61 Å². The average Bonchev–Trinajstić information content (AvgIpc) is 1.91. The Morgan fingerprint density at radius 1 is 1.40 bits per heavy atom. The van der Waals surface area contributed by atoms with Gasteiger partial charge in [-0.2, -0.15) is 0 Å². The molecular formula is C5H12O5. The normalized spacial score (nSPS) is 8.80. The Morgan fingerprint density at radius 3 is 2.20 bits per heavy atom. The third kappa shape index (κ3) is 26.3. The maximum Gasteiger partial charge on any atom is 0.110 e. The van der Waals surface area contributed by atoms with Crippen LogP contribution in [-0.4, -0.2) is 28.8 Å². The van der Waals surface area contributed by atoms with Crippen LogP contribution in [0.25, 0.3) is 0 Å². The summed E-state index contributed by atoms with van der Waals surface area (Å²) in [5, 5.41) is 23.6. The van der Waals surface area contributed by atoms with Crippen LogP contribution in [0.15, 0.2) is 12.3 Å². The van der Waals surface area contributed by atoms with E-state index in [1.807, 2.05) is 6.92 Å². The van der Waals surface area contributed by atoms with Gasteiger partial charge in [-0.3, -0.25) is 0 Å². The van der Waals surface area contributed by atoms with Gasteiger partial charge in [0, 0.05) is 0 Å². The summed E-state index contributed by atoms with van der Waals surface area (Å²) in [6.45, 7) is 2.34. The van der Waals surface area contributed by atoms with Gasteiger partial charge in [0.15, 0.2) is 0 Å². The van der Waals surface area contributed by atoms with Gasteiger partial charge in [-0.15, -0.1) is 0 Å². The maximum atomic E-state index is 8.13. The number of hydrogen-bond donors (Lipinski definition) is 3. The predicted molar refractivity (Wildman–Crippen MR) is 34.2 cm³/mol. The molecule has 0 atom stereocenters. The molecule has 0 fully saturated rings. The van der Waals surface area contributed by atoms with E-state index in [0.29, 0.717) is 6.61 Å². The summed E-state index contributed by atoms with van der Waals surface area (Å²) in [7, 11) is 0. The quantitative estimate of drug-likeness (QED) is 0.237. The van der Waals surface area contributed by atoms with Crippen molar-refractivity contribution in [2.24, 2.45) is 0 Å². The van der Waals surface area contributed by atoms with E-state index < -0.39 is 0 Å². The zero-order valence-corrected chi connectivity index (χ0v) is 5.73. The largest absolute Gasteiger partial charge is 0.499 e. The van der Waals surface area contributed by atoms with Crippen molar-refractivity contribution in [2.45, 2.75) is 6.92 Å². The first-order valence-corrected chi connectivity index (χ1v) is 2.62. The molecule has 0 rings (SSSR count). The molecule has 10 heavy (non-hydrogen) atoms. The van der Waals surface area contributed by atoms with E-state index in [1.165, 1.54) is 0 Å². The number of ether oxygens (including phenoxy) is 1. The molecule has 5 nitrogen and oxygen atoms in total. The number of hydrogen-bond acceptors (Lipinski definition) is 5. The van der Waals surface area contributed by atoms with Crippen LogP contribution in [0, 0.1) is 0 Å². The second-order valence-corrected chi connectivity index (χ2v) is 1.15. The molecular weight excluding hydrogens is 140 g/mol. The molecule has 0 aliphatic carbocycles. The molecule has 5 heteroatoms. The van der Waals surface area contributed by atoms with Crippen LogP contribution in [0.3, 0.4) is 0 Å². The van der Waals surface area contributed by atoms with Crippen LogP contribution in [0.2, 0.25) is 0 Å². The summed E-state index contributed by atoms with van der Waals surface area (Å²) >= 11 is 0. The molecule has 0 aromatic rings. The van der Waals surface area contributed by atoms with E-state index in [9.17, 15) is 0 Å². The summed E-state index contributed by atoms with van der Waals surface area (Å²) in [6, 6.07) is 0. The zero-order valence-electron chi connectivity index (χ0n) is 5.73. The third-order valence-electron chi connectivity index (χ3n) is 0.441. The first kappa shape index (κ1) is 12.1. The second kappa shape index (κ2) is 15.8. The van der Waals surface area contributed by atoms with Crippen LogP contribution in [0.4, 0.5) is 0 Å². The summed E-state index contributed by atoms with van der Waals surface area (Å²) in [6.07, 6.45) is 3.33. The standard InChI is InChI=1S/C5H10O2.H2O3/c1-2-4-7-5-3-6;1-3-2/h2,4,6H,3,5H2,1H3;1-2H. The summed E-state index contributed by atoms with van der Waals surface area (Å²) in [5.74, 6) is 0. The van der Waals surface area contributed by atoms with Gasteiger partial charge >= 0.3 is 0 Å². The SMILES string of the molecule is CC=COCCO.OOO. The molecule has 0 aliphatic heterocycles. The maximum absolute atomic E-state index is 8.13. The molecule has 0 aliphatic rings. The van der Waals surface area contributed by atoms with Crippen molar-refractivity contribution < 1.29 is 25.4 Å². The van der Waals surface area contributed by atoms with Crippen LogP contribution in [0.1, 0.15) is 6.92 Å². The van der Waals surface area contributed by atoms with Crippen LogP contribution >= 0.6 is 0 Å². The highest BCUT2D eigenvalue weighted by Gasteiger charge is 1.71. The Kier molecular flexibility index (Phi) is 19.1. The van der Waals surface area contributed by atoms with Crippen molar-refractivity contribution in [3.63, 3.8) is 0 Å². The molecule has 0 saturated heterocycles. The highest BCUT2D eigenvalue weighted by atomic mass is 17.4. The molecule has 62 valence electrons. The molecule has 0 spiro atoms. The van der Waals surface area contributed by atoms with Crippen molar-refractivity contribution in [1.29, 1.82) is 0 Å². The Balaban J connectivity index is 0. The molecule has 0 saturated carbocycles. The number of rotatable bonds is 3. The number of aliphatic hydroxyl groups is 1. The smallest absolute Gasteiger partial charge is 0.110 e. The minimum Gasteiger partial charge on any atom is -0.499 e. The molecule has 0 heterocycles. The average molecular weight is 152 g/mol. The van der Waals surface area contributed by atoms with Gasteiger partial charge in [-0.25, -0.2) is 10.5 Å². The van der Waals surface area contributed by atoms with Crippen LogP contribution in [-0.2, 0) is 9.78 Å². The first-order chi connectivity index (χ1) is 4.83. The van der Waals surface area contributed by atoms with Gasteiger partial charge in [0.1, 0.15) is 6.61 Å². The highest BCUT2D eigenvalue weighted by molar-refractivity contribution is 4.64. The summed E-state index contributed by atoms with van der Waals surface area (Å²) in [4.78, 5) is 0. The van der Waals surface area contributed by atoms with Crippen molar-refractivity contribution in [2.75, 3.05) is 13.2 Å². The lowest BCUT2D eigenvalue weighted by Gasteiger charge is -1.91. The Morgan fingerprint density at radius 2 is 1.90 bits per heavy atom. The molecule has 0 aromatic heterocycles. The Labute approximate surface area is 59.0 Å². The lowest BCUT2D eigenvalue weighted by Crippen LogP contribution is -1.91. The Hall–Kier alpha value is -0.620. The fourth-order valence-electron chi connectivity index (χ4n) is 0.217. The van der Waals surface area contributed by atoms with Gasteiger partial charge in [0.2, 0.25) is 0 Å². The molecule has 0 unspecified atom stereocenters. The lowest BCUT2D eigenvalue weighted by molar-refractivity contribution is -0.465. The number of allylic oxidation sites excluding steroid dienone is 1. The third-order valence-corrected chi connectivity index (χ3v) is 0.441. The molecule has 0 radical (unpaired) electrons. The van der Waals surface area contributed by atoms with Gasteiger partial charge in [0.05, 0.1) is 12.9 Å². The molecule has 0 aromatic carbocycles. The lowest BCUT2D eigenvalue weighted by atomic mass is 10.7.